The fraction of sp³-hybridized carbons (Fsp3) is 0.0909. The van der Waals surface area contributed by atoms with Crippen molar-refractivity contribution in [3.05, 3.63) is 253 Å². The number of para-hydroxylation sites is 3. The van der Waals surface area contributed by atoms with Gasteiger partial charge in [-0.2, -0.15) is 0 Å². The summed E-state index contributed by atoms with van der Waals surface area (Å²) in [5.74, 6) is 0. The first-order chi connectivity index (χ1) is 33.7. The highest BCUT2D eigenvalue weighted by atomic mass is 15.2. The van der Waals surface area contributed by atoms with E-state index in [1.54, 1.807) is 0 Å². The van der Waals surface area contributed by atoms with E-state index in [1.807, 2.05) is 0 Å². The van der Waals surface area contributed by atoms with Gasteiger partial charge in [-0.15, -0.1) is 0 Å². The number of aromatic nitrogens is 1. The van der Waals surface area contributed by atoms with Gasteiger partial charge in [0.25, 0.3) is 0 Å². The molecule has 1 aromatic heterocycles. The van der Waals surface area contributed by atoms with Crippen LogP contribution < -0.4 is 10.2 Å². The van der Waals surface area contributed by atoms with Crippen molar-refractivity contribution in [1.82, 2.24) is 4.57 Å². The van der Waals surface area contributed by atoms with Crippen molar-refractivity contribution in [2.24, 2.45) is 0 Å². The predicted octanol–water partition coefficient (Wildman–Crippen LogP) is 17.9. The lowest BCUT2D eigenvalue weighted by Crippen LogP contribution is -2.31. The van der Waals surface area contributed by atoms with Gasteiger partial charge in [0.05, 0.1) is 22.4 Å². The molecule has 3 nitrogen and oxygen atoms in total. The summed E-state index contributed by atoms with van der Waals surface area (Å²) in [7, 11) is 0. The van der Waals surface area contributed by atoms with Crippen molar-refractivity contribution in [1.29, 1.82) is 0 Å². The Kier molecular flexibility index (Phi) is 9.22. The van der Waals surface area contributed by atoms with E-state index in [1.165, 1.54) is 106 Å². The molecule has 0 bridgehead atoms. The molecule has 0 spiro atoms. The Morgan fingerprint density at radius 3 is 1.62 bits per heavy atom. The molecule has 0 fully saturated rings. The molecule has 10 aromatic carbocycles. The minimum absolute atomic E-state index is 0.128. The predicted molar refractivity (Wildman–Crippen MR) is 291 cm³/mol. The molecule has 0 saturated carbocycles. The van der Waals surface area contributed by atoms with Crippen LogP contribution in [-0.4, -0.2) is 4.57 Å². The highest BCUT2D eigenvalue weighted by Crippen LogP contribution is 2.56. The molecule has 11 aromatic rings. The highest BCUT2D eigenvalue weighted by Gasteiger charge is 2.40. The van der Waals surface area contributed by atoms with E-state index in [2.05, 4.69) is 273 Å². The van der Waals surface area contributed by atoms with Gasteiger partial charge < -0.3 is 14.8 Å². The smallest absolute Gasteiger partial charge is 0.0541 e. The van der Waals surface area contributed by atoms with E-state index in [9.17, 15) is 0 Å². The maximum atomic E-state index is 3.71. The number of fused-ring (bicyclic) bond motifs is 8. The first kappa shape index (κ1) is 40.8. The van der Waals surface area contributed by atoms with Crippen LogP contribution in [0.3, 0.4) is 0 Å². The second-order valence-electron chi connectivity index (χ2n) is 19.9. The van der Waals surface area contributed by atoms with E-state index in [0.717, 1.165) is 16.9 Å². The van der Waals surface area contributed by atoms with E-state index in [4.69, 9.17) is 0 Å². The number of rotatable bonds is 7. The van der Waals surface area contributed by atoms with Crippen molar-refractivity contribution >= 4 is 50.2 Å². The Balaban J connectivity index is 0.979. The second-order valence-corrected chi connectivity index (χ2v) is 19.9. The molecular formula is C66H51N3. The van der Waals surface area contributed by atoms with Gasteiger partial charge in [-0.05, 0) is 152 Å². The van der Waals surface area contributed by atoms with Gasteiger partial charge >= 0.3 is 0 Å². The summed E-state index contributed by atoms with van der Waals surface area (Å²) in [6.45, 7) is 9.58. The van der Waals surface area contributed by atoms with Crippen LogP contribution in [0.4, 0.5) is 28.4 Å². The fourth-order valence-corrected chi connectivity index (χ4v) is 11.6. The van der Waals surface area contributed by atoms with Gasteiger partial charge in [0.2, 0.25) is 0 Å². The lowest BCUT2D eigenvalue weighted by Gasteiger charge is -2.43. The molecule has 1 aliphatic heterocycles. The molecule has 69 heavy (non-hydrogen) atoms. The molecule has 0 unspecified atom stereocenters. The Labute approximate surface area is 404 Å². The van der Waals surface area contributed by atoms with Crippen molar-refractivity contribution in [2.45, 2.75) is 38.5 Å². The Bertz CT molecular complexity index is 3800. The average Bonchev–Trinajstić information content (AvgIpc) is 3.84. The quantitative estimate of drug-likeness (QED) is 0.172. The molecule has 1 aliphatic carbocycles. The van der Waals surface area contributed by atoms with Gasteiger partial charge in [0.1, 0.15) is 0 Å². The van der Waals surface area contributed by atoms with Crippen LogP contribution in [0.25, 0.3) is 72.0 Å². The molecule has 0 radical (unpaired) electrons. The number of hydrogen-bond donors (Lipinski definition) is 1. The van der Waals surface area contributed by atoms with E-state index in [0.29, 0.717) is 0 Å². The van der Waals surface area contributed by atoms with Crippen molar-refractivity contribution in [3.63, 3.8) is 0 Å². The Morgan fingerprint density at radius 1 is 0.333 bits per heavy atom. The second kappa shape index (κ2) is 15.6. The third-order valence-corrected chi connectivity index (χ3v) is 15.2. The molecule has 2 heterocycles. The monoisotopic (exact) mass is 885 g/mol. The maximum Gasteiger partial charge on any atom is 0.0541 e. The zero-order chi connectivity index (χ0) is 46.4. The summed E-state index contributed by atoms with van der Waals surface area (Å²) in [6, 6.07) is 85.0. The van der Waals surface area contributed by atoms with Gasteiger partial charge in [0, 0.05) is 49.9 Å². The average molecular weight is 886 g/mol. The number of benzene rings is 10. The fourth-order valence-electron chi connectivity index (χ4n) is 11.6. The molecule has 1 N–H and O–H groups in total. The van der Waals surface area contributed by atoms with Gasteiger partial charge in [-0.25, -0.2) is 0 Å². The van der Waals surface area contributed by atoms with Gasteiger partial charge in [0.15, 0.2) is 0 Å². The van der Waals surface area contributed by atoms with Crippen LogP contribution in [0.1, 0.15) is 49.9 Å². The third-order valence-electron chi connectivity index (χ3n) is 15.2. The van der Waals surface area contributed by atoms with Crippen molar-refractivity contribution < 1.29 is 0 Å². The summed E-state index contributed by atoms with van der Waals surface area (Å²) in [4.78, 5) is 2.53. The first-order valence-corrected chi connectivity index (χ1v) is 24.2. The molecule has 3 heteroatoms. The normalized spacial score (nSPS) is 14.0. The molecule has 2 aliphatic rings. The standard InChI is InChI=1S/C66H51N3/c1-65(2)56-26-16-14-24-51(56)52-33-32-50(42-57(52)65)69-63-36-30-46(44-28-34-60(67-48-20-10-6-11-21-48)54(38-44)43-18-8-5-9-19-43)40-58(63)66(3,4)59-41-47(31-37-64(59)69)45-29-35-62-55(39-45)53-25-15-17-27-61(53)68(62)49-22-12-7-13-23-49/h5-42,67H,1-4H3. The van der Waals surface area contributed by atoms with Crippen molar-refractivity contribution in [3.8, 4) is 50.2 Å². The zero-order valence-corrected chi connectivity index (χ0v) is 39.3. The Hall–Kier alpha value is -8.40. The first-order valence-electron chi connectivity index (χ1n) is 24.2. The lowest BCUT2D eigenvalue weighted by atomic mass is 9.72. The zero-order valence-electron chi connectivity index (χ0n) is 39.3. The van der Waals surface area contributed by atoms with Crippen molar-refractivity contribution in [2.75, 3.05) is 10.2 Å². The summed E-state index contributed by atoms with van der Waals surface area (Å²) in [6.07, 6.45) is 0. The van der Waals surface area contributed by atoms with E-state index < -0.39 is 0 Å². The minimum atomic E-state index is -0.343. The van der Waals surface area contributed by atoms with Crippen LogP contribution in [0.5, 0.6) is 0 Å². The van der Waals surface area contributed by atoms with Crippen LogP contribution in [0.2, 0.25) is 0 Å². The lowest BCUT2D eigenvalue weighted by molar-refractivity contribution is 0.632. The highest BCUT2D eigenvalue weighted by molar-refractivity contribution is 6.10. The summed E-state index contributed by atoms with van der Waals surface area (Å²) in [5, 5.41) is 6.22. The van der Waals surface area contributed by atoms with E-state index in [-0.39, 0.29) is 10.8 Å². The van der Waals surface area contributed by atoms with E-state index >= 15 is 0 Å². The molecule has 13 rings (SSSR count). The molecular weight excluding hydrogens is 835 g/mol. The largest absolute Gasteiger partial charge is 0.355 e. The molecule has 330 valence electrons. The van der Waals surface area contributed by atoms with Crippen LogP contribution in [0.15, 0.2) is 231 Å². The molecule has 0 atom stereocenters. The molecule has 0 amide bonds. The molecule has 0 saturated heterocycles. The summed E-state index contributed by atoms with van der Waals surface area (Å²) >= 11 is 0. The number of hydrogen-bond acceptors (Lipinski definition) is 2. The third kappa shape index (κ3) is 6.49. The Morgan fingerprint density at radius 2 is 0.884 bits per heavy atom. The SMILES string of the molecule is CC1(C)c2ccccc2-c2ccc(N3c4ccc(-c5ccc(Nc6ccccc6)c(-c6ccccc6)c5)cc4C(C)(C)c4cc(-c5ccc6c(c5)c5ccccc5n6-c5ccccc5)ccc43)cc21. The minimum Gasteiger partial charge on any atom is -0.355 e. The van der Waals surface area contributed by atoms with Gasteiger partial charge in [-0.3, -0.25) is 0 Å². The number of anilines is 5. The summed E-state index contributed by atoms with van der Waals surface area (Å²) < 4.78 is 2.39. The van der Waals surface area contributed by atoms with Gasteiger partial charge in [-0.1, -0.05) is 167 Å². The topological polar surface area (TPSA) is 20.2 Å². The van der Waals surface area contributed by atoms with Crippen LogP contribution in [0, 0.1) is 0 Å². The number of nitrogens with zero attached hydrogens (tertiary/aromatic N) is 2. The maximum absolute atomic E-state index is 3.71. The van der Waals surface area contributed by atoms with Crippen LogP contribution in [-0.2, 0) is 10.8 Å². The van der Waals surface area contributed by atoms with Crippen LogP contribution >= 0.6 is 0 Å². The number of nitrogens with one attached hydrogen (secondary N) is 1. The summed E-state index contributed by atoms with van der Waals surface area (Å²) in [5.41, 5.74) is 24.0.